The van der Waals surface area contributed by atoms with Gasteiger partial charge in [-0.15, -0.1) is 0 Å². The Balaban J connectivity index is 2.43. The number of benzene rings is 2. The molecule has 1 N–H and O–H groups in total. The van der Waals surface area contributed by atoms with E-state index >= 15 is 0 Å². The first-order valence-corrected chi connectivity index (χ1v) is 6.62. The Bertz CT molecular complexity index is 572. The van der Waals surface area contributed by atoms with Crippen LogP contribution in [0.4, 0.5) is 4.39 Å². The third kappa shape index (κ3) is 2.69. The molecule has 0 aliphatic heterocycles. The monoisotopic (exact) mass is 348 g/mol. The molecule has 5 heteroatoms. The summed E-state index contributed by atoms with van der Waals surface area (Å²) in [7, 11) is 0. The normalized spacial score (nSPS) is 12.5. The molecule has 0 aliphatic rings. The molecule has 18 heavy (non-hydrogen) atoms. The maximum absolute atomic E-state index is 13.9. The molecule has 1 unspecified atom stereocenters. The van der Waals surface area contributed by atoms with Crippen molar-refractivity contribution in [3.05, 3.63) is 67.9 Å². The van der Waals surface area contributed by atoms with Crippen molar-refractivity contribution in [2.24, 2.45) is 0 Å². The van der Waals surface area contributed by atoms with Crippen molar-refractivity contribution >= 4 is 39.1 Å². The molecule has 94 valence electrons. The van der Waals surface area contributed by atoms with E-state index in [1.807, 2.05) is 0 Å². The molecule has 0 saturated heterocycles. The molecule has 1 nitrogen and oxygen atoms in total. The van der Waals surface area contributed by atoms with Crippen LogP contribution < -0.4 is 0 Å². The Kier molecular flexibility index (Phi) is 4.28. The van der Waals surface area contributed by atoms with Crippen molar-refractivity contribution in [3.8, 4) is 0 Å². The van der Waals surface area contributed by atoms with Gasteiger partial charge in [0.25, 0.3) is 0 Å². The van der Waals surface area contributed by atoms with E-state index in [0.717, 1.165) is 0 Å². The second kappa shape index (κ2) is 5.57. The molecule has 0 fully saturated rings. The molecule has 0 saturated carbocycles. The molecule has 0 amide bonds. The van der Waals surface area contributed by atoms with Gasteiger partial charge in [-0.1, -0.05) is 41.4 Å². The van der Waals surface area contributed by atoms with E-state index in [1.54, 1.807) is 30.3 Å². The van der Waals surface area contributed by atoms with Crippen molar-refractivity contribution in [2.45, 2.75) is 6.10 Å². The van der Waals surface area contributed by atoms with Crippen LogP contribution in [0.1, 0.15) is 17.2 Å². The van der Waals surface area contributed by atoms with Gasteiger partial charge in [-0.25, -0.2) is 4.39 Å². The summed E-state index contributed by atoms with van der Waals surface area (Å²) in [6, 6.07) is 9.65. The van der Waals surface area contributed by atoms with E-state index in [9.17, 15) is 9.50 Å². The van der Waals surface area contributed by atoms with Crippen LogP contribution in [-0.4, -0.2) is 5.11 Å². The third-order valence-electron chi connectivity index (χ3n) is 2.55. The fourth-order valence-corrected chi connectivity index (χ4v) is 2.18. The summed E-state index contributed by atoms with van der Waals surface area (Å²) in [5, 5.41) is 10.6. The minimum absolute atomic E-state index is 0.0412. The molecule has 0 aromatic heterocycles. The van der Waals surface area contributed by atoms with Gasteiger partial charge in [0.05, 0.1) is 5.02 Å². The van der Waals surface area contributed by atoms with Crippen LogP contribution in [0.5, 0.6) is 0 Å². The van der Waals surface area contributed by atoms with E-state index in [0.29, 0.717) is 15.1 Å². The van der Waals surface area contributed by atoms with Gasteiger partial charge in [0, 0.05) is 15.1 Å². The van der Waals surface area contributed by atoms with Crippen LogP contribution in [0, 0.1) is 5.82 Å². The molecule has 0 bridgehead atoms. The van der Waals surface area contributed by atoms with Crippen LogP contribution in [0.2, 0.25) is 10.0 Å². The molecular formula is C13H8BrCl2FO. The molecule has 0 heterocycles. The molecule has 0 radical (unpaired) electrons. The fourth-order valence-electron chi connectivity index (χ4n) is 1.58. The van der Waals surface area contributed by atoms with Crippen LogP contribution in [0.15, 0.2) is 40.9 Å². The first kappa shape index (κ1) is 13.8. The van der Waals surface area contributed by atoms with Crippen LogP contribution in [0.25, 0.3) is 0 Å². The van der Waals surface area contributed by atoms with Crippen LogP contribution in [-0.2, 0) is 0 Å². The van der Waals surface area contributed by atoms with Crippen molar-refractivity contribution in [1.29, 1.82) is 0 Å². The van der Waals surface area contributed by atoms with E-state index in [-0.39, 0.29) is 10.6 Å². The second-order valence-corrected chi connectivity index (χ2v) is 5.39. The molecular weight excluding hydrogens is 342 g/mol. The summed E-state index contributed by atoms with van der Waals surface area (Å²) in [4.78, 5) is 0. The summed E-state index contributed by atoms with van der Waals surface area (Å²) < 4.78 is 14.4. The zero-order chi connectivity index (χ0) is 13.3. The highest BCUT2D eigenvalue weighted by Crippen LogP contribution is 2.33. The molecule has 2 aromatic carbocycles. The second-order valence-electron chi connectivity index (χ2n) is 3.72. The summed E-state index contributed by atoms with van der Waals surface area (Å²) in [6.45, 7) is 0. The van der Waals surface area contributed by atoms with Gasteiger partial charge in [-0.2, -0.15) is 0 Å². The SMILES string of the molecule is OC(c1ccc(Cl)cc1)c1ccc(Br)c(Cl)c1F. The Morgan fingerprint density at radius 2 is 1.67 bits per heavy atom. The number of aliphatic hydroxyl groups is 1. The Morgan fingerprint density at radius 1 is 1.06 bits per heavy atom. The first-order valence-electron chi connectivity index (χ1n) is 5.07. The highest BCUT2D eigenvalue weighted by atomic mass is 79.9. The lowest BCUT2D eigenvalue weighted by molar-refractivity contribution is 0.215. The Morgan fingerprint density at radius 3 is 2.28 bits per heavy atom. The smallest absolute Gasteiger partial charge is 0.149 e. The maximum atomic E-state index is 13.9. The number of hydrogen-bond donors (Lipinski definition) is 1. The van der Waals surface area contributed by atoms with Gasteiger partial charge in [0.1, 0.15) is 11.9 Å². The average molecular weight is 350 g/mol. The number of hydrogen-bond acceptors (Lipinski definition) is 1. The Hall–Kier alpha value is -0.610. The molecule has 1 atom stereocenters. The minimum atomic E-state index is -1.08. The van der Waals surface area contributed by atoms with Crippen LogP contribution in [0.3, 0.4) is 0 Å². The summed E-state index contributed by atoms with van der Waals surface area (Å²) >= 11 is 14.7. The van der Waals surface area contributed by atoms with Gasteiger partial charge in [-0.3, -0.25) is 0 Å². The lowest BCUT2D eigenvalue weighted by Gasteiger charge is -2.13. The number of rotatable bonds is 2. The molecule has 2 aromatic rings. The number of halogens is 4. The minimum Gasteiger partial charge on any atom is -0.384 e. The van der Waals surface area contributed by atoms with Crippen molar-refractivity contribution in [2.75, 3.05) is 0 Å². The highest BCUT2D eigenvalue weighted by Gasteiger charge is 2.18. The predicted octanol–water partition coefficient (Wildman–Crippen LogP) is 4.98. The van der Waals surface area contributed by atoms with Gasteiger partial charge in [-0.05, 0) is 39.7 Å². The fraction of sp³-hybridized carbons (Fsp3) is 0.0769. The van der Waals surface area contributed by atoms with Gasteiger partial charge < -0.3 is 5.11 Å². The first-order chi connectivity index (χ1) is 8.50. The van der Waals surface area contributed by atoms with Crippen molar-refractivity contribution in [3.63, 3.8) is 0 Å². The zero-order valence-corrected chi connectivity index (χ0v) is 12.1. The zero-order valence-electron chi connectivity index (χ0n) is 9.00. The topological polar surface area (TPSA) is 20.2 Å². The van der Waals surface area contributed by atoms with E-state index in [4.69, 9.17) is 23.2 Å². The lowest BCUT2D eigenvalue weighted by Crippen LogP contribution is -2.03. The standard InChI is InChI=1S/C13H8BrCl2FO/c14-10-6-5-9(12(17)11(10)16)13(18)7-1-3-8(15)4-2-7/h1-6,13,18H. The Labute approximate surface area is 122 Å². The summed E-state index contributed by atoms with van der Waals surface area (Å²) in [5.74, 6) is -0.631. The highest BCUT2D eigenvalue weighted by molar-refractivity contribution is 9.10. The van der Waals surface area contributed by atoms with E-state index < -0.39 is 11.9 Å². The van der Waals surface area contributed by atoms with Gasteiger partial charge >= 0.3 is 0 Å². The molecule has 2 rings (SSSR count). The average Bonchev–Trinajstić information content (AvgIpc) is 2.36. The van der Waals surface area contributed by atoms with Crippen LogP contribution >= 0.6 is 39.1 Å². The van der Waals surface area contributed by atoms with E-state index in [2.05, 4.69) is 15.9 Å². The lowest BCUT2D eigenvalue weighted by atomic mass is 10.0. The predicted molar refractivity (Wildman–Crippen MR) is 74.6 cm³/mol. The van der Waals surface area contributed by atoms with Gasteiger partial charge in [0.15, 0.2) is 0 Å². The number of aliphatic hydroxyl groups excluding tert-OH is 1. The molecule has 0 spiro atoms. The van der Waals surface area contributed by atoms with Gasteiger partial charge in [0.2, 0.25) is 0 Å². The molecule has 0 aliphatic carbocycles. The van der Waals surface area contributed by atoms with Crippen molar-refractivity contribution in [1.82, 2.24) is 0 Å². The third-order valence-corrected chi connectivity index (χ3v) is 4.06. The summed E-state index contributed by atoms with van der Waals surface area (Å²) in [5.41, 5.74) is 0.683. The quantitative estimate of drug-likeness (QED) is 0.758. The largest absolute Gasteiger partial charge is 0.384 e. The van der Waals surface area contributed by atoms with Crippen molar-refractivity contribution < 1.29 is 9.50 Å². The van der Waals surface area contributed by atoms with E-state index in [1.165, 1.54) is 6.07 Å². The maximum Gasteiger partial charge on any atom is 0.149 e. The summed E-state index contributed by atoms with van der Waals surface area (Å²) in [6.07, 6.45) is -1.08.